The van der Waals surface area contributed by atoms with E-state index in [0.717, 1.165) is 26.7 Å². The zero-order chi connectivity index (χ0) is 26.5. The molecule has 0 bridgehead atoms. The molecule has 37 heavy (non-hydrogen) atoms. The summed E-state index contributed by atoms with van der Waals surface area (Å²) in [6.07, 6.45) is 1.57. The number of benzene rings is 2. The van der Waals surface area contributed by atoms with Crippen LogP contribution in [-0.2, 0) is 22.7 Å². The molecule has 0 spiro atoms. The second-order valence-corrected chi connectivity index (χ2v) is 10.0. The van der Waals surface area contributed by atoms with Crippen LogP contribution in [0.5, 0.6) is 11.5 Å². The van der Waals surface area contributed by atoms with E-state index in [4.69, 9.17) is 25.5 Å². The lowest BCUT2D eigenvalue weighted by molar-refractivity contribution is -0.123. The molecule has 2 heterocycles. The van der Waals surface area contributed by atoms with Crippen LogP contribution >= 0.6 is 39.3 Å². The normalized spacial score (nSPS) is 14.4. The van der Waals surface area contributed by atoms with Gasteiger partial charge in [-0.1, -0.05) is 39.7 Å². The Balaban J connectivity index is 1.52. The summed E-state index contributed by atoms with van der Waals surface area (Å²) < 4.78 is 22.6. The molecule has 0 aliphatic carbocycles. The third-order valence-electron chi connectivity index (χ3n) is 5.16. The van der Waals surface area contributed by atoms with E-state index in [9.17, 15) is 14.4 Å². The summed E-state index contributed by atoms with van der Waals surface area (Å²) in [5.41, 5.74) is 1.52. The summed E-state index contributed by atoms with van der Waals surface area (Å²) in [7, 11) is 1.23. The fourth-order valence-electron chi connectivity index (χ4n) is 3.43. The molecule has 192 valence electrons. The van der Waals surface area contributed by atoms with E-state index in [1.165, 1.54) is 19.2 Å². The van der Waals surface area contributed by atoms with Crippen LogP contribution in [-0.4, -0.2) is 35.7 Å². The van der Waals surface area contributed by atoms with Crippen LogP contribution < -0.4 is 9.47 Å². The van der Waals surface area contributed by atoms with Crippen molar-refractivity contribution in [3.05, 3.63) is 85.6 Å². The maximum Gasteiger partial charge on any atom is 0.373 e. The zero-order valence-corrected chi connectivity index (χ0v) is 22.9. The Morgan fingerprint density at radius 2 is 1.89 bits per heavy atom. The van der Waals surface area contributed by atoms with Crippen molar-refractivity contribution in [1.29, 1.82) is 0 Å². The molecule has 1 aliphatic rings. The number of hydrogen-bond acceptors (Lipinski definition) is 8. The van der Waals surface area contributed by atoms with Crippen LogP contribution in [0.3, 0.4) is 0 Å². The molecule has 0 radical (unpaired) electrons. The number of nitrogens with zero attached hydrogens (tertiary/aromatic N) is 1. The van der Waals surface area contributed by atoms with Crippen LogP contribution in [0.25, 0.3) is 6.08 Å². The molecule has 1 aliphatic heterocycles. The van der Waals surface area contributed by atoms with Crippen LogP contribution in [0.4, 0.5) is 4.79 Å². The topological polar surface area (TPSA) is 95.3 Å². The van der Waals surface area contributed by atoms with Gasteiger partial charge in [-0.2, -0.15) is 0 Å². The fourth-order valence-corrected chi connectivity index (χ4v) is 4.80. The minimum absolute atomic E-state index is 0.0134. The van der Waals surface area contributed by atoms with Gasteiger partial charge in [0.25, 0.3) is 11.1 Å². The number of ether oxygens (including phenoxy) is 3. The molecular weight excluding hydrogens is 586 g/mol. The predicted molar refractivity (Wildman–Crippen MR) is 143 cm³/mol. The van der Waals surface area contributed by atoms with Gasteiger partial charge in [0, 0.05) is 4.47 Å². The first kappa shape index (κ1) is 26.8. The SMILES string of the molecule is CCOc1cc(/C=C2/SC(=O)N(Cc3ccc(C(=O)OC)o3)C2=O)cc(Cl)c1OCc1ccc(Br)cc1. The monoisotopic (exact) mass is 605 g/mol. The quantitative estimate of drug-likeness (QED) is 0.196. The molecule has 1 saturated heterocycles. The summed E-state index contributed by atoms with van der Waals surface area (Å²) in [5, 5.41) is -0.155. The van der Waals surface area contributed by atoms with Crippen molar-refractivity contribution in [3.63, 3.8) is 0 Å². The number of hydrogen-bond donors (Lipinski definition) is 0. The van der Waals surface area contributed by atoms with E-state index < -0.39 is 17.1 Å². The minimum Gasteiger partial charge on any atom is -0.490 e. The van der Waals surface area contributed by atoms with Gasteiger partial charge in [-0.05, 0) is 72.3 Å². The molecule has 2 aromatic carbocycles. The van der Waals surface area contributed by atoms with Gasteiger partial charge in [0.05, 0.1) is 30.2 Å². The van der Waals surface area contributed by atoms with Crippen LogP contribution in [0.15, 0.2) is 62.3 Å². The lowest BCUT2D eigenvalue weighted by atomic mass is 10.1. The molecule has 0 atom stereocenters. The van der Waals surface area contributed by atoms with E-state index in [2.05, 4.69) is 20.7 Å². The molecule has 0 unspecified atom stereocenters. The molecule has 4 rings (SSSR count). The Bertz CT molecular complexity index is 1370. The number of imide groups is 1. The van der Waals surface area contributed by atoms with Crippen molar-refractivity contribution in [2.24, 2.45) is 0 Å². The van der Waals surface area contributed by atoms with Gasteiger partial charge in [0.15, 0.2) is 11.5 Å². The summed E-state index contributed by atoms with van der Waals surface area (Å²) in [4.78, 5) is 38.3. The second-order valence-electron chi connectivity index (χ2n) is 7.70. The molecule has 1 aromatic heterocycles. The zero-order valence-electron chi connectivity index (χ0n) is 19.8. The van der Waals surface area contributed by atoms with E-state index in [0.29, 0.717) is 28.7 Å². The first-order valence-corrected chi connectivity index (χ1v) is 13.0. The van der Waals surface area contributed by atoms with Crippen molar-refractivity contribution in [3.8, 4) is 11.5 Å². The highest BCUT2D eigenvalue weighted by Crippen LogP contribution is 2.40. The van der Waals surface area contributed by atoms with Gasteiger partial charge in [0.2, 0.25) is 5.76 Å². The summed E-state index contributed by atoms with van der Waals surface area (Å²) in [5.74, 6) is -0.0694. The molecule has 0 N–H and O–H groups in total. The van der Waals surface area contributed by atoms with Crippen LogP contribution in [0, 0.1) is 0 Å². The van der Waals surface area contributed by atoms with E-state index in [1.807, 2.05) is 31.2 Å². The average Bonchev–Trinajstić information content (AvgIpc) is 3.45. The number of esters is 1. The van der Waals surface area contributed by atoms with E-state index >= 15 is 0 Å². The standard InChI is InChI=1S/C26H21BrClNO7S/c1-3-34-21-11-16(10-19(28)23(21)35-14-15-4-6-17(27)7-5-15)12-22-24(30)29(26(32)37-22)13-18-8-9-20(36-18)25(31)33-2/h4-12H,3,13-14H2,1-2H3/b22-12+. The number of carbonyl (C=O) groups excluding carboxylic acids is 3. The fraction of sp³-hybridized carbons (Fsp3) is 0.192. The third-order valence-corrected chi connectivity index (χ3v) is 6.88. The molecular formula is C26H21BrClNO7S. The number of amides is 2. The lowest BCUT2D eigenvalue weighted by Gasteiger charge is -2.15. The number of furan rings is 1. The van der Waals surface area contributed by atoms with Gasteiger partial charge >= 0.3 is 5.97 Å². The van der Waals surface area contributed by atoms with Gasteiger partial charge < -0.3 is 18.6 Å². The van der Waals surface area contributed by atoms with E-state index in [1.54, 1.807) is 18.2 Å². The van der Waals surface area contributed by atoms with Crippen molar-refractivity contribution >= 4 is 62.5 Å². The van der Waals surface area contributed by atoms with Gasteiger partial charge in [-0.3, -0.25) is 14.5 Å². The summed E-state index contributed by atoms with van der Waals surface area (Å²) >= 11 is 10.7. The van der Waals surface area contributed by atoms with Crippen LogP contribution in [0.1, 0.15) is 34.4 Å². The first-order valence-electron chi connectivity index (χ1n) is 11.0. The maximum absolute atomic E-state index is 13.0. The van der Waals surface area contributed by atoms with Crippen molar-refractivity contribution in [2.75, 3.05) is 13.7 Å². The number of methoxy groups -OCH3 is 1. The largest absolute Gasteiger partial charge is 0.490 e. The Morgan fingerprint density at radius 1 is 1.14 bits per heavy atom. The third kappa shape index (κ3) is 6.38. The number of rotatable bonds is 9. The van der Waals surface area contributed by atoms with E-state index in [-0.39, 0.29) is 29.6 Å². The van der Waals surface area contributed by atoms with Gasteiger partial charge in [0.1, 0.15) is 12.4 Å². The molecule has 2 amide bonds. The molecule has 8 nitrogen and oxygen atoms in total. The smallest absolute Gasteiger partial charge is 0.373 e. The molecule has 3 aromatic rings. The predicted octanol–water partition coefficient (Wildman–Crippen LogP) is 6.70. The van der Waals surface area contributed by atoms with Crippen molar-refractivity contribution < 1.29 is 33.0 Å². The molecule has 1 fully saturated rings. The number of halogens is 2. The highest BCUT2D eigenvalue weighted by atomic mass is 79.9. The van der Waals surface area contributed by atoms with Crippen LogP contribution in [0.2, 0.25) is 5.02 Å². The molecule has 0 saturated carbocycles. The maximum atomic E-state index is 13.0. The second kappa shape index (κ2) is 11.9. The Labute approximate surface area is 230 Å². The Hall–Kier alpha value is -3.21. The highest BCUT2D eigenvalue weighted by Gasteiger charge is 2.36. The Kier molecular flexibility index (Phi) is 8.63. The lowest BCUT2D eigenvalue weighted by Crippen LogP contribution is -2.27. The molecule has 11 heteroatoms. The summed E-state index contributed by atoms with van der Waals surface area (Å²) in [6.45, 7) is 2.38. The average molecular weight is 607 g/mol. The number of thioether (sulfide) groups is 1. The highest BCUT2D eigenvalue weighted by molar-refractivity contribution is 9.10. The van der Waals surface area contributed by atoms with Crippen molar-refractivity contribution in [2.45, 2.75) is 20.1 Å². The summed E-state index contributed by atoms with van der Waals surface area (Å²) in [6, 6.07) is 14.0. The van der Waals surface area contributed by atoms with Crippen molar-refractivity contribution in [1.82, 2.24) is 4.90 Å². The number of carbonyl (C=O) groups is 3. The minimum atomic E-state index is -0.647. The Morgan fingerprint density at radius 3 is 2.59 bits per heavy atom. The first-order chi connectivity index (χ1) is 17.8. The van der Waals surface area contributed by atoms with Gasteiger partial charge in [-0.15, -0.1) is 0 Å². The van der Waals surface area contributed by atoms with Gasteiger partial charge in [-0.25, -0.2) is 4.79 Å².